The quantitative estimate of drug-likeness (QED) is 0.485. The van der Waals surface area contributed by atoms with Crippen LogP contribution in [0.15, 0.2) is 91.4 Å². The molecule has 0 aliphatic rings. The molecule has 1 unspecified atom stereocenters. The van der Waals surface area contributed by atoms with E-state index >= 15 is 0 Å². The Bertz CT molecular complexity index is 1090. The van der Waals surface area contributed by atoms with Crippen LogP contribution in [0.5, 0.6) is 0 Å². The van der Waals surface area contributed by atoms with Gasteiger partial charge in [0.25, 0.3) is 5.91 Å². The number of carbonyl (C=O) groups excluding carboxylic acids is 1. The summed E-state index contributed by atoms with van der Waals surface area (Å²) in [6.45, 7) is 2.71. The van der Waals surface area contributed by atoms with Crippen molar-refractivity contribution in [2.45, 2.75) is 19.3 Å². The van der Waals surface area contributed by atoms with Crippen LogP contribution in [-0.2, 0) is 0 Å². The van der Waals surface area contributed by atoms with Gasteiger partial charge in [-0.15, -0.1) is 0 Å². The van der Waals surface area contributed by atoms with Crippen molar-refractivity contribution in [1.29, 1.82) is 0 Å². The van der Waals surface area contributed by atoms with Gasteiger partial charge in [-0.2, -0.15) is 5.10 Å². The standard InChI is InChI=1S/C25H24N4O/c1-2-19(20-10-5-3-6-11-20)17-27-25(30)23-18-29(22-13-7-4-8-14-22)28-24(23)21-12-9-15-26-16-21/h3-16,18-19H,2,17H2,1H3,(H,27,30). The average molecular weight is 396 g/mol. The Hall–Kier alpha value is -3.73. The maximum absolute atomic E-state index is 13.2. The van der Waals surface area contributed by atoms with Gasteiger partial charge in [0, 0.05) is 36.6 Å². The molecular formula is C25H24N4O. The third-order valence-electron chi connectivity index (χ3n) is 5.19. The highest BCUT2D eigenvalue weighted by Crippen LogP contribution is 2.24. The fraction of sp³-hybridized carbons (Fsp3) is 0.160. The number of benzene rings is 2. The Morgan fingerprint density at radius 2 is 1.73 bits per heavy atom. The lowest BCUT2D eigenvalue weighted by Gasteiger charge is -2.16. The molecule has 1 amide bonds. The van der Waals surface area contributed by atoms with Crippen LogP contribution in [0.1, 0.15) is 35.2 Å². The van der Waals surface area contributed by atoms with E-state index in [1.165, 1.54) is 5.56 Å². The Balaban J connectivity index is 1.62. The van der Waals surface area contributed by atoms with Crippen molar-refractivity contribution in [1.82, 2.24) is 20.1 Å². The highest BCUT2D eigenvalue weighted by molar-refractivity contribution is 5.99. The molecule has 2 aromatic heterocycles. The molecule has 1 N–H and O–H groups in total. The Morgan fingerprint density at radius 3 is 2.40 bits per heavy atom. The van der Waals surface area contributed by atoms with Crippen molar-refractivity contribution in [3.05, 3.63) is 103 Å². The fourth-order valence-electron chi connectivity index (χ4n) is 3.50. The molecule has 5 heteroatoms. The minimum Gasteiger partial charge on any atom is -0.351 e. The second kappa shape index (κ2) is 9.18. The topological polar surface area (TPSA) is 59.8 Å². The lowest BCUT2D eigenvalue weighted by Crippen LogP contribution is -2.28. The summed E-state index contributed by atoms with van der Waals surface area (Å²) in [6.07, 6.45) is 6.18. The minimum atomic E-state index is -0.134. The summed E-state index contributed by atoms with van der Waals surface area (Å²) in [5, 5.41) is 7.80. The molecule has 0 saturated heterocycles. The molecule has 4 aromatic rings. The highest BCUT2D eigenvalue weighted by atomic mass is 16.1. The van der Waals surface area contributed by atoms with Crippen LogP contribution in [0.3, 0.4) is 0 Å². The molecule has 2 aromatic carbocycles. The lowest BCUT2D eigenvalue weighted by molar-refractivity contribution is 0.0951. The molecule has 0 aliphatic heterocycles. The molecule has 1 atom stereocenters. The van der Waals surface area contributed by atoms with Gasteiger partial charge in [0.2, 0.25) is 0 Å². The fourth-order valence-corrected chi connectivity index (χ4v) is 3.50. The van der Waals surface area contributed by atoms with Gasteiger partial charge in [-0.3, -0.25) is 9.78 Å². The average Bonchev–Trinajstić information content (AvgIpc) is 3.27. The van der Waals surface area contributed by atoms with E-state index in [2.05, 4.69) is 29.4 Å². The van der Waals surface area contributed by atoms with Gasteiger partial charge < -0.3 is 5.32 Å². The monoisotopic (exact) mass is 396 g/mol. The van der Waals surface area contributed by atoms with Gasteiger partial charge in [0.15, 0.2) is 0 Å². The van der Waals surface area contributed by atoms with E-state index in [4.69, 9.17) is 5.10 Å². The van der Waals surface area contributed by atoms with Crippen LogP contribution < -0.4 is 5.32 Å². The van der Waals surface area contributed by atoms with Crippen LogP contribution in [0.25, 0.3) is 16.9 Å². The number of nitrogens with zero attached hydrogens (tertiary/aromatic N) is 3. The second-order valence-electron chi connectivity index (χ2n) is 7.14. The molecule has 0 bridgehead atoms. The lowest BCUT2D eigenvalue weighted by atomic mass is 9.96. The van der Waals surface area contributed by atoms with Crippen molar-refractivity contribution in [3.8, 4) is 16.9 Å². The summed E-state index contributed by atoms with van der Waals surface area (Å²) >= 11 is 0. The zero-order valence-electron chi connectivity index (χ0n) is 16.9. The predicted molar refractivity (Wildman–Crippen MR) is 119 cm³/mol. The van der Waals surface area contributed by atoms with E-state index in [9.17, 15) is 4.79 Å². The van der Waals surface area contributed by atoms with Crippen molar-refractivity contribution in [3.63, 3.8) is 0 Å². The van der Waals surface area contributed by atoms with Crippen LogP contribution >= 0.6 is 0 Å². The van der Waals surface area contributed by atoms with E-state index < -0.39 is 0 Å². The zero-order valence-corrected chi connectivity index (χ0v) is 16.9. The molecule has 0 spiro atoms. The van der Waals surface area contributed by atoms with E-state index in [1.54, 1.807) is 23.3 Å². The smallest absolute Gasteiger partial charge is 0.255 e. The number of para-hydroxylation sites is 1. The summed E-state index contributed by atoms with van der Waals surface area (Å²) < 4.78 is 1.74. The van der Waals surface area contributed by atoms with E-state index in [-0.39, 0.29) is 11.8 Å². The maximum Gasteiger partial charge on any atom is 0.255 e. The zero-order chi connectivity index (χ0) is 20.8. The molecule has 0 saturated carbocycles. The van der Waals surface area contributed by atoms with Crippen molar-refractivity contribution in [2.75, 3.05) is 6.54 Å². The number of carbonyl (C=O) groups is 1. The summed E-state index contributed by atoms with van der Waals surface area (Å²) in [5.41, 5.74) is 4.10. The van der Waals surface area contributed by atoms with Crippen LogP contribution in [-0.4, -0.2) is 27.2 Å². The molecule has 5 nitrogen and oxygen atoms in total. The van der Waals surface area contributed by atoms with Gasteiger partial charge in [-0.1, -0.05) is 55.5 Å². The molecule has 0 fully saturated rings. The molecule has 0 aliphatic carbocycles. The maximum atomic E-state index is 13.2. The summed E-state index contributed by atoms with van der Waals surface area (Å²) in [7, 11) is 0. The molecule has 4 rings (SSSR count). The highest BCUT2D eigenvalue weighted by Gasteiger charge is 2.20. The van der Waals surface area contributed by atoms with Crippen LogP contribution in [0.2, 0.25) is 0 Å². The number of hydrogen-bond donors (Lipinski definition) is 1. The van der Waals surface area contributed by atoms with Gasteiger partial charge in [0.05, 0.1) is 11.3 Å². The summed E-state index contributed by atoms with van der Waals surface area (Å²) in [5.74, 6) is 0.131. The SMILES string of the molecule is CCC(CNC(=O)c1cn(-c2ccccc2)nc1-c1cccnc1)c1ccccc1. The van der Waals surface area contributed by atoms with E-state index in [0.717, 1.165) is 17.7 Å². The van der Waals surface area contributed by atoms with Crippen LogP contribution in [0.4, 0.5) is 0 Å². The van der Waals surface area contributed by atoms with Gasteiger partial charge in [-0.05, 0) is 36.2 Å². The first-order valence-electron chi connectivity index (χ1n) is 10.1. The first-order valence-corrected chi connectivity index (χ1v) is 10.1. The minimum absolute atomic E-state index is 0.134. The Labute approximate surface area is 176 Å². The molecule has 150 valence electrons. The molecular weight excluding hydrogens is 372 g/mol. The third-order valence-corrected chi connectivity index (χ3v) is 5.19. The van der Waals surface area contributed by atoms with E-state index in [1.807, 2.05) is 60.7 Å². The first kappa shape index (κ1) is 19.6. The first-order chi connectivity index (χ1) is 14.8. The van der Waals surface area contributed by atoms with Crippen molar-refractivity contribution >= 4 is 5.91 Å². The summed E-state index contributed by atoms with van der Waals surface area (Å²) in [6, 6.07) is 23.8. The summed E-state index contributed by atoms with van der Waals surface area (Å²) in [4.78, 5) is 17.3. The number of rotatable bonds is 7. The van der Waals surface area contributed by atoms with Crippen molar-refractivity contribution in [2.24, 2.45) is 0 Å². The van der Waals surface area contributed by atoms with Gasteiger partial charge in [-0.25, -0.2) is 4.68 Å². The Morgan fingerprint density at radius 1 is 1.00 bits per heavy atom. The van der Waals surface area contributed by atoms with Crippen molar-refractivity contribution < 1.29 is 4.79 Å². The number of amides is 1. The van der Waals surface area contributed by atoms with Gasteiger partial charge >= 0.3 is 0 Å². The number of pyridine rings is 1. The number of aromatic nitrogens is 3. The number of hydrogen-bond acceptors (Lipinski definition) is 3. The molecule has 0 radical (unpaired) electrons. The molecule has 30 heavy (non-hydrogen) atoms. The predicted octanol–water partition coefficient (Wildman–Crippen LogP) is 4.86. The largest absolute Gasteiger partial charge is 0.351 e. The Kier molecular flexibility index (Phi) is 5.99. The normalized spacial score (nSPS) is 11.8. The second-order valence-corrected chi connectivity index (χ2v) is 7.14. The van der Waals surface area contributed by atoms with Gasteiger partial charge in [0.1, 0.15) is 5.69 Å². The third kappa shape index (κ3) is 4.30. The number of nitrogens with one attached hydrogen (secondary N) is 1. The van der Waals surface area contributed by atoms with E-state index in [0.29, 0.717) is 17.8 Å². The molecule has 2 heterocycles. The van der Waals surface area contributed by atoms with Crippen LogP contribution in [0, 0.1) is 0 Å².